The van der Waals surface area contributed by atoms with Gasteiger partial charge in [0.15, 0.2) is 6.29 Å². The van der Waals surface area contributed by atoms with Crippen LogP contribution in [0.4, 0.5) is 0 Å². The van der Waals surface area contributed by atoms with Crippen molar-refractivity contribution in [2.24, 2.45) is 0 Å². The van der Waals surface area contributed by atoms with Gasteiger partial charge in [-0.05, 0) is 13.3 Å². The Labute approximate surface area is 63.7 Å². The molecule has 54 valence electrons. The van der Waals surface area contributed by atoms with Crippen LogP contribution in [-0.4, -0.2) is 24.3 Å². The second kappa shape index (κ2) is 3.54. The molecule has 1 fully saturated rings. The summed E-state index contributed by atoms with van der Waals surface area (Å²) >= 11 is 3.39. The van der Waals surface area contributed by atoms with Crippen LogP contribution in [0.2, 0.25) is 0 Å². The summed E-state index contributed by atoms with van der Waals surface area (Å²) in [6, 6.07) is 0. The summed E-state index contributed by atoms with van der Waals surface area (Å²) in [7, 11) is 0. The molecule has 3 heteroatoms. The predicted molar refractivity (Wildman–Crippen MR) is 38.7 cm³/mol. The molecule has 0 aromatic carbocycles. The molecular weight excluding hydrogens is 184 g/mol. The highest BCUT2D eigenvalue weighted by Gasteiger charge is 2.18. The molecule has 0 aliphatic carbocycles. The van der Waals surface area contributed by atoms with Gasteiger partial charge in [0, 0.05) is 0 Å². The smallest absolute Gasteiger partial charge is 0.169 e. The maximum atomic E-state index is 5.27. The lowest BCUT2D eigenvalue weighted by Gasteiger charge is -2.24. The fourth-order valence-electron chi connectivity index (χ4n) is 0.771. The molecule has 0 spiro atoms. The highest BCUT2D eigenvalue weighted by atomic mass is 79.9. The van der Waals surface area contributed by atoms with Gasteiger partial charge in [0.05, 0.1) is 18.0 Å². The molecule has 1 rings (SSSR count). The molecule has 9 heavy (non-hydrogen) atoms. The van der Waals surface area contributed by atoms with Crippen LogP contribution in [0.3, 0.4) is 0 Å². The molecule has 0 aromatic rings. The standard InChI is InChI=1S/C6H11BrO2/c1-5(7)6-8-3-2-4-9-6/h5-6H,2-4H2,1H3/t5-/m1/s1. The zero-order valence-corrected chi connectivity index (χ0v) is 7.06. The van der Waals surface area contributed by atoms with Crippen LogP contribution < -0.4 is 0 Å². The first-order chi connectivity index (χ1) is 4.30. The Hall–Kier alpha value is 0.400. The van der Waals surface area contributed by atoms with Crippen molar-refractivity contribution < 1.29 is 9.47 Å². The third-order valence-corrected chi connectivity index (χ3v) is 1.66. The Morgan fingerprint density at radius 2 is 2.00 bits per heavy atom. The zero-order valence-electron chi connectivity index (χ0n) is 5.47. The zero-order chi connectivity index (χ0) is 6.69. The molecule has 0 aromatic heterocycles. The summed E-state index contributed by atoms with van der Waals surface area (Å²) in [5.74, 6) is 0. The van der Waals surface area contributed by atoms with Crippen molar-refractivity contribution in [3.8, 4) is 0 Å². The Balaban J connectivity index is 2.23. The van der Waals surface area contributed by atoms with Gasteiger partial charge < -0.3 is 9.47 Å². The molecule has 0 radical (unpaired) electrons. The number of hydrogen-bond donors (Lipinski definition) is 0. The van der Waals surface area contributed by atoms with Crippen molar-refractivity contribution in [3.63, 3.8) is 0 Å². The first-order valence-electron chi connectivity index (χ1n) is 3.18. The summed E-state index contributed by atoms with van der Waals surface area (Å²) in [6.07, 6.45) is 0.995. The quantitative estimate of drug-likeness (QED) is 0.590. The summed E-state index contributed by atoms with van der Waals surface area (Å²) in [5.41, 5.74) is 0. The van der Waals surface area contributed by atoms with Crippen molar-refractivity contribution in [2.45, 2.75) is 24.5 Å². The van der Waals surface area contributed by atoms with Gasteiger partial charge in [0.25, 0.3) is 0 Å². The molecule has 1 atom stereocenters. The molecule has 0 N–H and O–H groups in total. The van der Waals surface area contributed by atoms with Gasteiger partial charge in [-0.25, -0.2) is 0 Å². The average molecular weight is 195 g/mol. The minimum Gasteiger partial charge on any atom is -0.351 e. The summed E-state index contributed by atoms with van der Waals surface area (Å²) in [6.45, 7) is 3.69. The highest BCUT2D eigenvalue weighted by Crippen LogP contribution is 2.14. The van der Waals surface area contributed by atoms with E-state index in [2.05, 4.69) is 15.9 Å². The minimum atomic E-state index is -0.0289. The normalized spacial score (nSPS) is 26.0. The van der Waals surface area contributed by atoms with Gasteiger partial charge in [0.1, 0.15) is 0 Å². The largest absolute Gasteiger partial charge is 0.351 e. The van der Waals surface area contributed by atoms with Crippen molar-refractivity contribution in [1.82, 2.24) is 0 Å². The lowest BCUT2D eigenvalue weighted by molar-refractivity contribution is -0.174. The van der Waals surface area contributed by atoms with Crippen LogP contribution in [0.5, 0.6) is 0 Å². The Bertz CT molecular complexity index is 79.1. The summed E-state index contributed by atoms with van der Waals surface area (Å²) in [5, 5.41) is 0. The van der Waals surface area contributed by atoms with Crippen molar-refractivity contribution >= 4 is 15.9 Å². The second-order valence-corrected chi connectivity index (χ2v) is 3.59. The van der Waals surface area contributed by atoms with E-state index in [1.54, 1.807) is 0 Å². The lowest BCUT2D eigenvalue weighted by Crippen LogP contribution is -2.30. The van der Waals surface area contributed by atoms with E-state index < -0.39 is 0 Å². The molecule has 0 unspecified atom stereocenters. The van der Waals surface area contributed by atoms with E-state index in [0.29, 0.717) is 4.83 Å². The topological polar surface area (TPSA) is 18.5 Å². The summed E-state index contributed by atoms with van der Waals surface area (Å²) < 4.78 is 10.5. The maximum Gasteiger partial charge on any atom is 0.169 e. The van der Waals surface area contributed by atoms with Gasteiger partial charge >= 0.3 is 0 Å². The van der Waals surface area contributed by atoms with Crippen LogP contribution in [0.25, 0.3) is 0 Å². The van der Waals surface area contributed by atoms with Crippen molar-refractivity contribution in [3.05, 3.63) is 0 Å². The number of alkyl halides is 1. The second-order valence-electron chi connectivity index (χ2n) is 2.14. The number of rotatable bonds is 1. The van der Waals surface area contributed by atoms with E-state index >= 15 is 0 Å². The lowest BCUT2D eigenvalue weighted by atomic mass is 10.4. The average Bonchev–Trinajstić information content (AvgIpc) is 1.90. The van der Waals surface area contributed by atoms with Crippen LogP contribution in [-0.2, 0) is 9.47 Å². The van der Waals surface area contributed by atoms with E-state index in [-0.39, 0.29) is 6.29 Å². The van der Waals surface area contributed by atoms with Crippen LogP contribution in [0.15, 0.2) is 0 Å². The third kappa shape index (κ3) is 2.24. The Kier molecular flexibility index (Phi) is 2.95. The first-order valence-corrected chi connectivity index (χ1v) is 4.09. The Morgan fingerprint density at radius 3 is 2.33 bits per heavy atom. The van der Waals surface area contributed by atoms with Gasteiger partial charge in [-0.3, -0.25) is 0 Å². The molecule has 1 aliphatic heterocycles. The fraction of sp³-hybridized carbons (Fsp3) is 1.00. The minimum absolute atomic E-state index is 0.0289. The van der Waals surface area contributed by atoms with Crippen LogP contribution >= 0.6 is 15.9 Å². The van der Waals surface area contributed by atoms with E-state index in [1.807, 2.05) is 6.92 Å². The van der Waals surface area contributed by atoms with E-state index in [9.17, 15) is 0 Å². The number of ether oxygens (including phenoxy) is 2. The summed E-state index contributed by atoms with van der Waals surface area (Å²) in [4.78, 5) is 0.304. The highest BCUT2D eigenvalue weighted by molar-refractivity contribution is 9.09. The molecule has 2 nitrogen and oxygen atoms in total. The monoisotopic (exact) mass is 194 g/mol. The van der Waals surface area contributed by atoms with Gasteiger partial charge in [0.2, 0.25) is 0 Å². The fourth-order valence-corrected chi connectivity index (χ4v) is 1.08. The van der Waals surface area contributed by atoms with Gasteiger partial charge in [-0.1, -0.05) is 15.9 Å². The molecule has 0 bridgehead atoms. The third-order valence-electron chi connectivity index (χ3n) is 1.23. The first kappa shape index (κ1) is 7.51. The van der Waals surface area contributed by atoms with E-state index in [4.69, 9.17) is 9.47 Å². The van der Waals surface area contributed by atoms with Crippen LogP contribution in [0.1, 0.15) is 13.3 Å². The predicted octanol–water partition coefficient (Wildman–Crippen LogP) is 1.53. The van der Waals surface area contributed by atoms with Gasteiger partial charge in [-0.15, -0.1) is 0 Å². The van der Waals surface area contributed by atoms with Crippen molar-refractivity contribution in [2.75, 3.05) is 13.2 Å². The number of hydrogen-bond acceptors (Lipinski definition) is 2. The van der Waals surface area contributed by atoms with E-state index in [1.165, 1.54) is 0 Å². The molecule has 1 saturated heterocycles. The molecule has 1 aliphatic rings. The molecule has 0 amide bonds. The molecule has 1 heterocycles. The molecule has 0 saturated carbocycles. The van der Waals surface area contributed by atoms with E-state index in [0.717, 1.165) is 19.6 Å². The SMILES string of the molecule is C[C@@H](Br)C1OCCCO1. The number of halogens is 1. The molecular formula is C6H11BrO2. The van der Waals surface area contributed by atoms with Crippen LogP contribution in [0, 0.1) is 0 Å². The maximum absolute atomic E-state index is 5.27. The Morgan fingerprint density at radius 1 is 1.44 bits per heavy atom. The van der Waals surface area contributed by atoms with Gasteiger partial charge in [-0.2, -0.15) is 0 Å². The van der Waals surface area contributed by atoms with Crippen molar-refractivity contribution in [1.29, 1.82) is 0 Å².